The quantitative estimate of drug-likeness (QED) is 0.363. The van der Waals surface area contributed by atoms with Crippen LogP contribution in [0, 0.1) is 0 Å². The maximum atomic E-state index is 11.0. The van der Waals surface area contributed by atoms with E-state index in [1.807, 2.05) is 18.2 Å². The van der Waals surface area contributed by atoms with E-state index in [2.05, 4.69) is 38.2 Å². The maximum Gasteiger partial charge on any atom is 0.305 e. The largest absolute Gasteiger partial charge is 0.496 e. The maximum absolute atomic E-state index is 11.0. The summed E-state index contributed by atoms with van der Waals surface area (Å²) in [7, 11) is 3.06. The van der Waals surface area contributed by atoms with E-state index in [1.165, 1.54) is 7.11 Å². The van der Waals surface area contributed by atoms with Crippen LogP contribution in [0.4, 0.5) is 0 Å². The molecule has 24 heavy (non-hydrogen) atoms. The van der Waals surface area contributed by atoms with E-state index in [9.17, 15) is 4.79 Å². The van der Waals surface area contributed by atoms with Crippen LogP contribution in [-0.4, -0.2) is 31.8 Å². The number of methoxy groups -OCH3 is 2. The Labute approximate surface area is 157 Å². The summed E-state index contributed by atoms with van der Waals surface area (Å²) in [5.74, 6) is 0.651. The van der Waals surface area contributed by atoms with Crippen LogP contribution in [0.3, 0.4) is 0 Å². The first kappa shape index (κ1) is 20.7. The van der Waals surface area contributed by atoms with Crippen LogP contribution in [0.15, 0.2) is 22.7 Å². The monoisotopic (exact) mass is 416 g/mol. The molecule has 0 aliphatic heterocycles. The number of nitrogens with one attached hydrogen (secondary N) is 2. The van der Waals surface area contributed by atoms with Crippen LogP contribution in [-0.2, 0) is 9.53 Å². The number of esters is 1. The lowest BCUT2D eigenvalue weighted by atomic mass is 10.1. The van der Waals surface area contributed by atoms with E-state index in [1.54, 1.807) is 7.11 Å². The second-order valence-corrected chi connectivity index (χ2v) is 6.67. The molecule has 0 fully saturated rings. The van der Waals surface area contributed by atoms with Crippen LogP contribution >= 0.6 is 28.1 Å². The number of halogens is 1. The molecule has 0 aromatic heterocycles. The number of carbonyl (C=O) groups excluding carboxylic acids is 1. The molecular weight excluding hydrogens is 392 g/mol. The number of hydrogen-bond acceptors (Lipinski definition) is 4. The number of unbranched alkanes of at least 4 members (excludes halogenated alkanes) is 2. The lowest BCUT2D eigenvalue weighted by Gasteiger charge is -2.18. The summed E-state index contributed by atoms with van der Waals surface area (Å²) < 4.78 is 10.8. The summed E-state index contributed by atoms with van der Waals surface area (Å²) in [5, 5.41) is 7.08. The third-order valence-electron chi connectivity index (χ3n) is 3.59. The Morgan fingerprint density at radius 1 is 1.29 bits per heavy atom. The first-order valence-corrected chi connectivity index (χ1v) is 9.12. The second-order valence-electron chi connectivity index (χ2n) is 5.40. The highest BCUT2D eigenvalue weighted by Crippen LogP contribution is 2.27. The zero-order valence-electron chi connectivity index (χ0n) is 14.4. The van der Waals surface area contributed by atoms with Gasteiger partial charge in [-0.2, -0.15) is 0 Å². The molecule has 2 N–H and O–H groups in total. The highest BCUT2D eigenvalue weighted by atomic mass is 79.9. The van der Waals surface area contributed by atoms with E-state index in [0.29, 0.717) is 11.5 Å². The Hall–Kier alpha value is -1.34. The van der Waals surface area contributed by atoms with Gasteiger partial charge in [0.05, 0.1) is 24.7 Å². The topological polar surface area (TPSA) is 59.6 Å². The van der Waals surface area contributed by atoms with Gasteiger partial charge in [-0.15, -0.1) is 0 Å². The normalized spacial score (nSPS) is 11.5. The molecule has 1 rings (SSSR count). The predicted molar refractivity (Wildman–Crippen MR) is 103 cm³/mol. The van der Waals surface area contributed by atoms with E-state index in [-0.39, 0.29) is 12.0 Å². The fourth-order valence-electron chi connectivity index (χ4n) is 2.16. The number of carbonyl (C=O) groups is 1. The number of thiocarbonyl (C=S) groups is 1. The van der Waals surface area contributed by atoms with E-state index in [4.69, 9.17) is 17.0 Å². The molecule has 0 aliphatic rings. The van der Waals surface area contributed by atoms with Gasteiger partial charge in [-0.1, -0.05) is 12.5 Å². The van der Waals surface area contributed by atoms with Gasteiger partial charge in [-0.05, 0) is 65.6 Å². The summed E-state index contributed by atoms with van der Waals surface area (Å²) >= 11 is 8.81. The average Bonchev–Trinajstić information content (AvgIpc) is 2.57. The van der Waals surface area contributed by atoms with E-state index >= 15 is 0 Å². The zero-order valence-corrected chi connectivity index (χ0v) is 16.8. The van der Waals surface area contributed by atoms with Gasteiger partial charge in [0, 0.05) is 13.0 Å². The molecule has 0 heterocycles. The van der Waals surface area contributed by atoms with Crippen LogP contribution < -0.4 is 15.4 Å². The van der Waals surface area contributed by atoms with Crippen molar-refractivity contribution >= 4 is 39.2 Å². The SMILES string of the molecule is COC(=O)CCCCCNC(=S)N[C@@H](C)c1ccc(OC)c(Br)c1. The molecule has 0 saturated heterocycles. The minimum absolute atomic E-state index is 0.0894. The predicted octanol–water partition coefficient (Wildman–Crippen LogP) is 3.72. The first-order chi connectivity index (χ1) is 11.5. The van der Waals surface area contributed by atoms with Crippen molar-refractivity contribution in [2.24, 2.45) is 0 Å². The fourth-order valence-corrected chi connectivity index (χ4v) is 3.00. The molecule has 1 aromatic carbocycles. The Bertz CT molecular complexity index is 555. The number of benzene rings is 1. The van der Waals surface area contributed by atoms with Crippen molar-refractivity contribution in [2.75, 3.05) is 20.8 Å². The van der Waals surface area contributed by atoms with Crippen LogP contribution in [0.2, 0.25) is 0 Å². The highest BCUT2D eigenvalue weighted by Gasteiger charge is 2.09. The summed E-state index contributed by atoms with van der Waals surface area (Å²) in [6, 6.07) is 6.05. The molecule has 0 aliphatic carbocycles. The van der Waals surface area contributed by atoms with Crippen molar-refractivity contribution in [2.45, 2.75) is 38.6 Å². The van der Waals surface area contributed by atoms with Crippen molar-refractivity contribution in [3.05, 3.63) is 28.2 Å². The Kier molecular flexibility index (Phi) is 9.71. The number of rotatable bonds is 9. The minimum Gasteiger partial charge on any atom is -0.496 e. The fraction of sp³-hybridized carbons (Fsp3) is 0.529. The van der Waals surface area contributed by atoms with Gasteiger partial charge in [0.1, 0.15) is 5.75 Å². The molecule has 0 saturated carbocycles. The molecular formula is C17H25BrN2O3S. The molecule has 0 radical (unpaired) electrons. The summed E-state index contributed by atoms with van der Waals surface area (Å²) in [6.07, 6.45) is 3.24. The molecule has 7 heteroatoms. The van der Waals surface area contributed by atoms with Crippen LogP contribution in [0.1, 0.15) is 44.2 Å². The second kappa shape index (κ2) is 11.3. The molecule has 1 atom stereocenters. The average molecular weight is 417 g/mol. The molecule has 5 nitrogen and oxygen atoms in total. The van der Waals surface area contributed by atoms with Gasteiger partial charge in [0.2, 0.25) is 0 Å². The lowest BCUT2D eigenvalue weighted by Crippen LogP contribution is -2.37. The van der Waals surface area contributed by atoms with Gasteiger partial charge in [-0.3, -0.25) is 4.79 Å². The molecule has 0 amide bonds. The first-order valence-electron chi connectivity index (χ1n) is 7.92. The molecule has 0 spiro atoms. The molecule has 0 unspecified atom stereocenters. The van der Waals surface area contributed by atoms with E-state index in [0.717, 1.165) is 41.6 Å². The van der Waals surface area contributed by atoms with Crippen molar-refractivity contribution < 1.29 is 14.3 Å². The molecule has 134 valence electrons. The smallest absolute Gasteiger partial charge is 0.305 e. The van der Waals surface area contributed by atoms with Crippen molar-refractivity contribution in [1.82, 2.24) is 10.6 Å². The Morgan fingerprint density at radius 3 is 2.67 bits per heavy atom. The van der Waals surface area contributed by atoms with Gasteiger partial charge >= 0.3 is 5.97 Å². The Morgan fingerprint density at radius 2 is 2.04 bits per heavy atom. The highest BCUT2D eigenvalue weighted by molar-refractivity contribution is 9.10. The van der Waals surface area contributed by atoms with Crippen LogP contribution in [0.5, 0.6) is 5.75 Å². The van der Waals surface area contributed by atoms with Crippen molar-refractivity contribution in [3.63, 3.8) is 0 Å². The summed E-state index contributed by atoms with van der Waals surface area (Å²) in [5.41, 5.74) is 1.12. The summed E-state index contributed by atoms with van der Waals surface area (Å²) in [4.78, 5) is 11.0. The van der Waals surface area contributed by atoms with Gasteiger partial charge in [-0.25, -0.2) is 0 Å². The van der Waals surface area contributed by atoms with Crippen LogP contribution in [0.25, 0.3) is 0 Å². The minimum atomic E-state index is -0.153. The zero-order chi connectivity index (χ0) is 17.9. The van der Waals surface area contributed by atoms with Gasteiger partial charge in [0.25, 0.3) is 0 Å². The molecule has 0 bridgehead atoms. The number of hydrogen-bond donors (Lipinski definition) is 2. The molecule has 1 aromatic rings. The third-order valence-corrected chi connectivity index (χ3v) is 4.48. The van der Waals surface area contributed by atoms with Gasteiger partial charge in [0.15, 0.2) is 5.11 Å². The van der Waals surface area contributed by atoms with Crippen molar-refractivity contribution in [3.8, 4) is 5.75 Å². The standard InChI is InChI=1S/C17H25BrN2O3S/c1-12(13-8-9-15(22-2)14(18)11-13)20-17(24)19-10-6-4-5-7-16(21)23-3/h8-9,11-12H,4-7,10H2,1-3H3,(H2,19,20,24)/t12-/m0/s1. The van der Waals surface area contributed by atoms with E-state index < -0.39 is 0 Å². The summed E-state index contributed by atoms with van der Waals surface area (Å²) in [6.45, 7) is 2.84. The third kappa shape index (κ3) is 7.49. The Balaban J connectivity index is 2.27. The van der Waals surface area contributed by atoms with Crippen molar-refractivity contribution in [1.29, 1.82) is 0 Å². The van der Waals surface area contributed by atoms with Gasteiger partial charge < -0.3 is 20.1 Å². The lowest BCUT2D eigenvalue weighted by molar-refractivity contribution is -0.140. The number of ether oxygens (including phenoxy) is 2.